The van der Waals surface area contributed by atoms with Crippen LogP contribution < -0.4 is 16.0 Å². The third-order valence-electron chi connectivity index (χ3n) is 5.26. The fourth-order valence-electron chi connectivity index (χ4n) is 3.60. The van der Waals surface area contributed by atoms with Gasteiger partial charge in [0.1, 0.15) is 17.3 Å². The van der Waals surface area contributed by atoms with Gasteiger partial charge >= 0.3 is 5.97 Å². The van der Waals surface area contributed by atoms with Gasteiger partial charge in [0.05, 0.1) is 6.61 Å². The number of carbonyl (C=O) groups is 3. The molecule has 0 bridgehead atoms. The Labute approximate surface area is 180 Å². The fourth-order valence-corrected chi connectivity index (χ4v) is 3.60. The van der Waals surface area contributed by atoms with Gasteiger partial charge in [-0.05, 0) is 45.3 Å². The second-order valence-corrected chi connectivity index (χ2v) is 7.58. The van der Waals surface area contributed by atoms with Crippen molar-refractivity contribution in [1.82, 2.24) is 21.1 Å². The van der Waals surface area contributed by atoms with Crippen molar-refractivity contribution in [1.29, 1.82) is 0 Å². The van der Waals surface area contributed by atoms with Crippen molar-refractivity contribution < 1.29 is 23.6 Å². The van der Waals surface area contributed by atoms with E-state index in [0.717, 1.165) is 5.56 Å². The number of ether oxygens (including phenoxy) is 1. The molecule has 1 aromatic carbocycles. The summed E-state index contributed by atoms with van der Waals surface area (Å²) in [6.45, 7) is 4.71. The maximum atomic E-state index is 13.4. The number of aromatic nitrogens is 1. The number of benzene rings is 1. The first kappa shape index (κ1) is 22.5. The molecule has 1 aliphatic heterocycles. The van der Waals surface area contributed by atoms with Crippen LogP contribution in [0.15, 0.2) is 40.9 Å². The molecule has 0 radical (unpaired) electrons. The molecular weight excluding hydrogens is 400 g/mol. The average Bonchev–Trinajstić information content (AvgIpc) is 3.21. The van der Waals surface area contributed by atoms with Gasteiger partial charge in [0.2, 0.25) is 5.91 Å². The van der Waals surface area contributed by atoms with Crippen LogP contribution in [0.25, 0.3) is 0 Å². The van der Waals surface area contributed by atoms with Gasteiger partial charge in [0, 0.05) is 12.5 Å². The molecule has 3 N–H and O–H groups in total. The van der Waals surface area contributed by atoms with E-state index in [1.54, 1.807) is 13.8 Å². The minimum atomic E-state index is -1.17. The van der Waals surface area contributed by atoms with Crippen LogP contribution in [0.5, 0.6) is 0 Å². The zero-order chi connectivity index (χ0) is 22.3. The molecule has 1 aliphatic rings. The van der Waals surface area contributed by atoms with E-state index in [0.29, 0.717) is 31.7 Å². The summed E-state index contributed by atoms with van der Waals surface area (Å²) < 4.78 is 10.1. The maximum absolute atomic E-state index is 13.4. The SMILES string of the molecule is CCOC(=O)C(Cc1ccccc1)NC(=O)C1(NC(=O)c2cc(C)on2)CCNCC1. The van der Waals surface area contributed by atoms with E-state index in [2.05, 4.69) is 21.1 Å². The lowest BCUT2D eigenvalue weighted by molar-refractivity contribution is -0.148. The van der Waals surface area contributed by atoms with Gasteiger partial charge in [-0.2, -0.15) is 0 Å². The number of piperidine rings is 1. The first-order chi connectivity index (χ1) is 14.9. The van der Waals surface area contributed by atoms with E-state index >= 15 is 0 Å². The Morgan fingerprint density at radius 2 is 1.94 bits per heavy atom. The van der Waals surface area contributed by atoms with Crippen LogP contribution in [0.2, 0.25) is 0 Å². The second kappa shape index (κ2) is 10.2. The fraction of sp³-hybridized carbons (Fsp3) is 0.455. The highest BCUT2D eigenvalue weighted by Crippen LogP contribution is 2.21. The van der Waals surface area contributed by atoms with Crippen molar-refractivity contribution in [3.05, 3.63) is 53.4 Å². The smallest absolute Gasteiger partial charge is 0.328 e. The third kappa shape index (κ3) is 5.69. The quantitative estimate of drug-likeness (QED) is 0.539. The first-order valence-electron chi connectivity index (χ1n) is 10.4. The molecule has 1 unspecified atom stereocenters. The number of aryl methyl sites for hydroxylation is 1. The van der Waals surface area contributed by atoms with E-state index in [-0.39, 0.29) is 18.7 Å². The Hall–Kier alpha value is -3.20. The Morgan fingerprint density at radius 3 is 2.55 bits per heavy atom. The number of rotatable bonds is 8. The van der Waals surface area contributed by atoms with Gasteiger partial charge in [0.15, 0.2) is 5.69 Å². The summed E-state index contributed by atoms with van der Waals surface area (Å²) in [5, 5.41) is 12.6. The van der Waals surface area contributed by atoms with E-state index in [9.17, 15) is 14.4 Å². The molecule has 2 heterocycles. The summed E-state index contributed by atoms with van der Waals surface area (Å²) >= 11 is 0. The van der Waals surface area contributed by atoms with Gasteiger partial charge in [-0.15, -0.1) is 0 Å². The van der Waals surface area contributed by atoms with Crippen LogP contribution in [-0.4, -0.2) is 54.2 Å². The third-order valence-corrected chi connectivity index (χ3v) is 5.26. The van der Waals surface area contributed by atoms with Gasteiger partial charge < -0.3 is 25.2 Å². The number of nitrogens with one attached hydrogen (secondary N) is 3. The standard InChI is InChI=1S/C22H28N4O5/c1-3-30-20(28)18(14-16-7-5-4-6-8-16)24-21(29)22(9-11-23-12-10-22)25-19(27)17-13-15(2)31-26-17/h4-8,13,18,23H,3,9-12,14H2,1-2H3,(H,24,29)(H,25,27). The molecule has 1 aromatic heterocycles. The molecule has 0 spiro atoms. The van der Waals surface area contributed by atoms with E-state index in [4.69, 9.17) is 9.26 Å². The summed E-state index contributed by atoms with van der Waals surface area (Å²) in [5.41, 5.74) is -0.173. The second-order valence-electron chi connectivity index (χ2n) is 7.58. The van der Waals surface area contributed by atoms with Crippen LogP contribution in [0.1, 0.15) is 41.6 Å². The lowest BCUT2D eigenvalue weighted by Crippen LogP contribution is -2.64. The molecule has 9 heteroatoms. The highest BCUT2D eigenvalue weighted by molar-refractivity contribution is 5.99. The summed E-state index contributed by atoms with van der Waals surface area (Å²) in [7, 11) is 0. The molecule has 0 aliphatic carbocycles. The van der Waals surface area contributed by atoms with Crippen molar-refractivity contribution in [3.8, 4) is 0 Å². The molecule has 9 nitrogen and oxygen atoms in total. The molecule has 3 rings (SSSR count). The van der Waals surface area contributed by atoms with E-state index < -0.39 is 29.4 Å². The number of amides is 2. The minimum Gasteiger partial charge on any atom is -0.464 e. The van der Waals surface area contributed by atoms with E-state index in [1.165, 1.54) is 6.07 Å². The molecule has 2 amide bonds. The molecule has 0 saturated carbocycles. The van der Waals surface area contributed by atoms with Crippen molar-refractivity contribution >= 4 is 17.8 Å². The van der Waals surface area contributed by atoms with Crippen LogP contribution >= 0.6 is 0 Å². The first-order valence-corrected chi connectivity index (χ1v) is 10.4. The normalized spacial score (nSPS) is 16.2. The molecule has 166 valence electrons. The van der Waals surface area contributed by atoms with Gasteiger partial charge in [-0.1, -0.05) is 35.5 Å². The topological polar surface area (TPSA) is 123 Å². The van der Waals surface area contributed by atoms with Crippen molar-refractivity contribution in [2.24, 2.45) is 0 Å². The number of hydrogen-bond donors (Lipinski definition) is 3. The van der Waals surface area contributed by atoms with Crippen LogP contribution in [0, 0.1) is 6.92 Å². The predicted octanol–water partition coefficient (Wildman–Crippen LogP) is 1.13. The zero-order valence-corrected chi connectivity index (χ0v) is 17.8. The largest absolute Gasteiger partial charge is 0.464 e. The minimum absolute atomic E-state index is 0.106. The Balaban J connectivity index is 1.79. The average molecular weight is 428 g/mol. The number of carbonyl (C=O) groups excluding carboxylic acids is 3. The van der Waals surface area contributed by atoms with Crippen LogP contribution in [-0.2, 0) is 20.7 Å². The Bertz CT molecular complexity index is 906. The molecule has 31 heavy (non-hydrogen) atoms. The molecule has 2 aromatic rings. The lowest BCUT2D eigenvalue weighted by atomic mass is 9.86. The van der Waals surface area contributed by atoms with Crippen molar-refractivity contribution in [2.45, 2.75) is 44.7 Å². The van der Waals surface area contributed by atoms with Gasteiger partial charge in [-0.25, -0.2) is 4.79 Å². The summed E-state index contributed by atoms with van der Waals surface area (Å²) in [5.74, 6) is -0.928. The lowest BCUT2D eigenvalue weighted by Gasteiger charge is -2.37. The maximum Gasteiger partial charge on any atom is 0.328 e. The molecule has 1 saturated heterocycles. The van der Waals surface area contributed by atoms with Gasteiger partial charge in [0.25, 0.3) is 5.91 Å². The zero-order valence-electron chi connectivity index (χ0n) is 17.8. The number of nitrogens with zero attached hydrogens (tertiary/aromatic N) is 1. The predicted molar refractivity (Wildman–Crippen MR) is 112 cm³/mol. The monoisotopic (exact) mass is 428 g/mol. The highest BCUT2D eigenvalue weighted by Gasteiger charge is 2.43. The van der Waals surface area contributed by atoms with Gasteiger partial charge in [-0.3, -0.25) is 9.59 Å². The Morgan fingerprint density at radius 1 is 1.23 bits per heavy atom. The molecule has 1 fully saturated rings. The van der Waals surface area contributed by atoms with Crippen LogP contribution in [0.3, 0.4) is 0 Å². The number of hydrogen-bond acceptors (Lipinski definition) is 7. The van der Waals surface area contributed by atoms with E-state index in [1.807, 2.05) is 30.3 Å². The summed E-state index contributed by atoms with van der Waals surface area (Å²) in [6, 6.07) is 10.0. The molecule has 1 atom stereocenters. The van der Waals surface area contributed by atoms with Crippen LogP contribution in [0.4, 0.5) is 0 Å². The highest BCUT2D eigenvalue weighted by atomic mass is 16.5. The van der Waals surface area contributed by atoms with Crippen molar-refractivity contribution in [3.63, 3.8) is 0 Å². The Kier molecular flexibility index (Phi) is 7.41. The summed E-state index contributed by atoms with van der Waals surface area (Å²) in [4.78, 5) is 38.7. The number of esters is 1. The molecular formula is C22H28N4O5. The summed E-state index contributed by atoms with van der Waals surface area (Å²) in [6.07, 6.45) is 1.04. The van der Waals surface area contributed by atoms with Crippen molar-refractivity contribution in [2.75, 3.05) is 19.7 Å².